The highest BCUT2D eigenvalue weighted by Crippen LogP contribution is 2.16. The van der Waals surface area contributed by atoms with Gasteiger partial charge in [-0.05, 0) is 43.0 Å². The van der Waals surface area contributed by atoms with Gasteiger partial charge in [0.1, 0.15) is 18.5 Å². The topological polar surface area (TPSA) is 79.0 Å². The second-order valence-electron chi connectivity index (χ2n) is 5.76. The van der Waals surface area contributed by atoms with E-state index in [2.05, 4.69) is 4.90 Å². The molecule has 2 unspecified atom stereocenters. The van der Waals surface area contributed by atoms with Crippen LogP contribution < -0.4 is 10.5 Å². The summed E-state index contributed by atoms with van der Waals surface area (Å²) < 4.78 is 5.60. The van der Waals surface area contributed by atoms with E-state index >= 15 is 0 Å². The van der Waals surface area contributed by atoms with Crippen LogP contribution in [0.15, 0.2) is 24.3 Å². The van der Waals surface area contributed by atoms with Gasteiger partial charge in [-0.2, -0.15) is 0 Å². The molecule has 5 heteroatoms. The summed E-state index contributed by atoms with van der Waals surface area (Å²) in [6, 6.07) is 7.60. The van der Waals surface area contributed by atoms with Crippen LogP contribution in [0.3, 0.4) is 0 Å². The predicted molar refractivity (Wildman–Crippen MR) is 82.1 cm³/mol. The van der Waals surface area contributed by atoms with E-state index in [4.69, 9.17) is 10.5 Å². The Hall–Kier alpha value is -1.14. The highest BCUT2D eigenvalue weighted by Gasteiger charge is 2.21. The quantitative estimate of drug-likeness (QED) is 0.686. The highest BCUT2D eigenvalue weighted by atomic mass is 16.5. The van der Waals surface area contributed by atoms with E-state index in [0.717, 1.165) is 37.2 Å². The molecule has 21 heavy (non-hydrogen) atoms. The van der Waals surface area contributed by atoms with E-state index in [0.29, 0.717) is 19.0 Å². The first-order valence-corrected chi connectivity index (χ1v) is 7.64. The third-order valence-electron chi connectivity index (χ3n) is 3.93. The van der Waals surface area contributed by atoms with E-state index in [-0.39, 0.29) is 13.2 Å². The normalized spacial score (nSPS) is 21.2. The van der Waals surface area contributed by atoms with Crippen LogP contribution in [0.2, 0.25) is 0 Å². The minimum atomic E-state index is -0.517. The summed E-state index contributed by atoms with van der Waals surface area (Å²) in [7, 11) is 0. The van der Waals surface area contributed by atoms with Crippen LogP contribution in [0, 0.1) is 5.92 Å². The van der Waals surface area contributed by atoms with Crippen LogP contribution in [0.4, 0.5) is 0 Å². The van der Waals surface area contributed by atoms with E-state index in [1.165, 1.54) is 0 Å². The molecule has 1 aromatic rings. The fourth-order valence-corrected chi connectivity index (χ4v) is 2.73. The Morgan fingerprint density at radius 3 is 2.76 bits per heavy atom. The van der Waals surface area contributed by atoms with Crippen molar-refractivity contribution >= 4 is 0 Å². The van der Waals surface area contributed by atoms with Crippen molar-refractivity contribution < 1.29 is 14.9 Å². The fourth-order valence-electron chi connectivity index (χ4n) is 2.73. The molecule has 1 heterocycles. The zero-order chi connectivity index (χ0) is 15.1. The van der Waals surface area contributed by atoms with E-state index in [1.54, 1.807) is 0 Å². The molecule has 1 aliphatic heterocycles. The van der Waals surface area contributed by atoms with Crippen molar-refractivity contribution in [3.05, 3.63) is 29.8 Å². The van der Waals surface area contributed by atoms with Crippen molar-refractivity contribution in [1.82, 2.24) is 4.90 Å². The fraction of sp³-hybridized carbons (Fsp3) is 0.625. The lowest BCUT2D eigenvalue weighted by Gasteiger charge is -2.33. The number of ether oxygens (including phenoxy) is 1. The number of hydrogen-bond acceptors (Lipinski definition) is 5. The molecule has 0 bridgehead atoms. The molecule has 1 fully saturated rings. The first-order valence-electron chi connectivity index (χ1n) is 7.64. The number of nitrogens with zero attached hydrogens (tertiary/aromatic N) is 1. The lowest BCUT2D eigenvalue weighted by Crippen LogP contribution is -2.42. The van der Waals surface area contributed by atoms with Gasteiger partial charge in [-0.3, -0.25) is 0 Å². The molecule has 0 saturated carbocycles. The van der Waals surface area contributed by atoms with Gasteiger partial charge in [-0.1, -0.05) is 12.1 Å². The standard InChI is InChI=1S/C16H26N2O3/c17-8-13-3-5-16(6-4-13)21-12-15(20)10-18-7-1-2-14(9-18)11-19/h3-6,14-15,19-20H,1-2,7-12,17H2. The summed E-state index contributed by atoms with van der Waals surface area (Å²) in [5, 5.41) is 19.3. The molecule has 0 spiro atoms. The third-order valence-corrected chi connectivity index (χ3v) is 3.93. The van der Waals surface area contributed by atoms with Gasteiger partial charge in [0.05, 0.1) is 0 Å². The SMILES string of the molecule is NCc1ccc(OCC(O)CN2CCCC(CO)C2)cc1. The largest absolute Gasteiger partial charge is 0.491 e. The highest BCUT2D eigenvalue weighted by molar-refractivity contribution is 5.27. The summed E-state index contributed by atoms with van der Waals surface area (Å²) in [5.74, 6) is 1.09. The second kappa shape index (κ2) is 8.34. The maximum Gasteiger partial charge on any atom is 0.119 e. The Bertz CT molecular complexity index is 410. The lowest BCUT2D eigenvalue weighted by atomic mass is 9.99. The zero-order valence-electron chi connectivity index (χ0n) is 12.4. The van der Waals surface area contributed by atoms with Crippen LogP contribution in [0.1, 0.15) is 18.4 Å². The first kappa shape index (κ1) is 16.2. The van der Waals surface area contributed by atoms with Gasteiger partial charge in [-0.15, -0.1) is 0 Å². The van der Waals surface area contributed by atoms with E-state index in [1.807, 2.05) is 24.3 Å². The molecule has 1 saturated heterocycles. The molecule has 5 nitrogen and oxygen atoms in total. The summed E-state index contributed by atoms with van der Waals surface area (Å²) in [5.41, 5.74) is 6.61. The Morgan fingerprint density at radius 2 is 2.10 bits per heavy atom. The summed E-state index contributed by atoms with van der Waals surface area (Å²) >= 11 is 0. The number of piperidine rings is 1. The first-order chi connectivity index (χ1) is 10.2. The molecule has 2 atom stereocenters. The summed E-state index contributed by atoms with van der Waals surface area (Å²) in [6.07, 6.45) is 1.64. The van der Waals surface area contributed by atoms with Gasteiger partial charge in [0, 0.05) is 26.2 Å². The number of likely N-dealkylation sites (tertiary alicyclic amines) is 1. The lowest BCUT2D eigenvalue weighted by molar-refractivity contribution is 0.0431. The van der Waals surface area contributed by atoms with Crippen LogP contribution in [0.25, 0.3) is 0 Å². The smallest absolute Gasteiger partial charge is 0.119 e. The van der Waals surface area contributed by atoms with Gasteiger partial charge in [0.2, 0.25) is 0 Å². The summed E-state index contributed by atoms with van der Waals surface area (Å²) in [6.45, 7) is 3.47. The minimum Gasteiger partial charge on any atom is -0.491 e. The maximum atomic E-state index is 10.1. The molecule has 1 aliphatic rings. The number of aliphatic hydroxyl groups excluding tert-OH is 2. The van der Waals surface area contributed by atoms with Crippen molar-refractivity contribution in [3.63, 3.8) is 0 Å². The van der Waals surface area contributed by atoms with Crippen LogP contribution >= 0.6 is 0 Å². The Morgan fingerprint density at radius 1 is 1.33 bits per heavy atom. The van der Waals surface area contributed by atoms with Crippen molar-refractivity contribution in [3.8, 4) is 5.75 Å². The van der Waals surface area contributed by atoms with Gasteiger partial charge >= 0.3 is 0 Å². The van der Waals surface area contributed by atoms with Gasteiger partial charge in [0.25, 0.3) is 0 Å². The van der Waals surface area contributed by atoms with Gasteiger partial charge in [-0.25, -0.2) is 0 Å². The van der Waals surface area contributed by atoms with Gasteiger partial charge in [0.15, 0.2) is 0 Å². The maximum absolute atomic E-state index is 10.1. The van der Waals surface area contributed by atoms with Crippen molar-refractivity contribution in [2.75, 3.05) is 32.8 Å². The molecule has 1 aromatic carbocycles. The minimum absolute atomic E-state index is 0.233. The Balaban J connectivity index is 1.72. The molecule has 118 valence electrons. The number of benzene rings is 1. The van der Waals surface area contributed by atoms with Gasteiger partial charge < -0.3 is 25.6 Å². The molecule has 0 radical (unpaired) electrons. The molecule has 2 rings (SSSR count). The average molecular weight is 294 g/mol. The van der Waals surface area contributed by atoms with Crippen molar-refractivity contribution in [1.29, 1.82) is 0 Å². The Labute approximate surface area is 126 Å². The predicted octanol–water partition coefficient (Wildman–Crippen LogP) is 0.589. The molecule has 0 aliphatic carbocycles. The molecular weight excluding hydrogens is 268 g/mol. The number of rotatable bonds is 7. The molecular formula is C16H26N2O3. The van der Waals surface area contributed by atoms with E-state index < -0.39 is 6.10 Å². The number of aliphatic hydroxyl groups is 2. The number of nitrogens with two attached hydrogens (primary N) is 1. The number of β-amino-alcohol motifs (C(OH)–C–C–N with tert-alkyl or cyclic N) is 1. The van der Waals surface area contributed by atoms with Crippen LogP contribution in [-0.4, -0.2) is 54.1 Å². The molecule has 0 amide bonds. The van der Waals surface area contributed by atoms with Crippen LogP contribution in [0.5, 0.6) is 5.75 Å². The Kier molecular flexibility index (Phi) is 6.45. The average Bonchev–Trinajstić information content (AvgIpc) is 2.53. The molecule has 4 N–H and O–H groups in total. The van der Waals surface area contributed by atoms with Crippen molar-refractivity contribution in [2.24, 2.45) is 11.7 Å². The molecule has 0 aromatic heterocycles. The number of hydrogen-bond donors (Lipinski definition) is 3. The van der Waals surface area contributed by atoms with E-state index in [9.17, 15) is 10.2 Å². The second-order valence-corrected chi connectivity index (χ2v) is 5.76. The monoisotopic (exact) mass is 294 g/mol. The van der Waals surface area contributed by atoms with Crippen LogP contribution in [-0.2, 0) is 6.54 Å². The zero-order valence-corrected chi connectivity index (χ0v) is 12.4. The summed E-state index contributed by atoms with van der Waals surface area (Å²) in [4.78, 5) is 2.20. The van der Waals surface area contributed by atoms with Crippen molar-refractivity contribution in [2.45, 2.75) is 25.5 Å². The third kappa shape index (κ3) is 5.28.